The molecule has 0 saturated carbocycles. The van der Waals surface area contributed by atoms with E-state index in [9.17, 15) is 1.37 Å². The van der Waals surface area contributed by atoms with E-state index >= 15 is 0 Å². The van der Waals surface area contributed by atoms with E-state index in [1.165, 1.54) is 32.6 Å². The van der Waals surface area contributed by atoms with Crippen molar-refractivity contribution in [2.45, 2.75) is 26.2 Å². The molecule has 238 valence electrons. The lowest BCUT2D eigenvalue weighted by Crippen LogP contribution is -2.10. The van der Waals surface area contributed by atoms with E-state index in [0.29, 0.717) is 12.1 Å². The first-order chi connectivity index (χ1) is 25.3. The van der Waals surface area contributed by atoms with Crippen LogP contribution in [0.2, 0.25) is 0 Å². The van der Waals surface area contributed by atoms with Gasteiger partial charge in [0.15, 0.2) is 0 Å². The molecule has 10 aromatic rings. The Morgan fingerprint density at radius 1 is 0.440 bits per heavy atom. The highest BCUT2D eigenvalue weighted by Gasteiger charge is 2.21. The molecule has 0 fully saturated rings. The zero-order valence-corrected chi connectivity index (χ0v) is 28.3. The molecule has 0 amide bonds. The number of benzene rings is 8. The third-order valence-corrected chi connectivity index (χ3v) is 10.5. The average molecular weight is 643 g/mol. The Morgan fingerprint density at radius 2 is 1.08 bits per heavy atom. The van der Waals surface area contributed by atoms with Gasteiger partial charge >= 0.3 is 0 Å². The molecule has 0 atom stereocenters. The maximum absolute atomic E-state index is 9.47. The van der Waals surface area contributed by atoms with Crippen LogP contribution in [0.15, 0.2) is 164 Å². The SMILES string of the molecule is [2H]c1cc(-c2c([2H])ccc3ccccc23)ccc1-n1c2ccccc2c2cc3c4c5ccccc5ccc4n(-c4ccc(C(C)(C)C)cc4)c3cc21. The second kappa shape index (κ2) is 10.7. The van der Waals surface area contributed by atoms with E-state index in [-0.39, 0.29) is 5.41 Å². The molecule has 0 aliphatic rings. The summed E-state index contributed by atoms with van der Waals surface area (Å²) in [5.74, 6) is 0. The fourth-order valence-corrected chi connectivity index (χ4v) is 8.01. The Labute approximate surface area is 294 Å². The zero-order chi connectivity index (χ0) is 35.3. The van der Waals surface area contributed by atoms with Crippen LogP contribution in [0.5, 0.6) is 0 Å². The van der Waals surface area contributed by atoms with Crippen LogP contribution in [0.25, 0.3) is 87.7 Å². The molecule has 0 aliphatic heterocycles. The van der Waals surface area contributed by atoms with Crippen molar-refractivity contribution in [3.63, 3.8) is 0 Å². The second-order valence-electron chi connectivity index (χ2n) is 14.5. The van der Waals surface area contributed by atoms with Crippen LogP contribution < -0.4 is 0 Å². The lowest BCUT2D eigenvalue weighted by atomic mass is 9.87. The molecular weight excluding hydrogens is 605 g/mol. The smallest absolute Gasteiger partial charge is 0.0645 e. The Hall–Kier alpha value is -6.12. The topological polar surface area (TPSA) is 9.86 Å². The van der Waals surface area contributed by atoms with Gasteiger partial charge in [0.1, 0.15) is 0 Å². The number of rotatable bonds is 3. The number of hydrogen-bond donors (Lipinski definition) is 0. The summed E-state index contributed by atoms with van der Waals surface area (Å²) in [6, 6.07) is 54.4. The summed E-state index contributed by atoms with van der Waals surface area (Å²) in [5.41, 5.74) is 9.45. The van der Waals surface area contributed by atoms with Crippen molar-refractivity contribution in [3.8, 4) is 22.5 Å². The monoisotopic (exact) mass is 642 g/mol. The van der Waals surface area contributed by atoms with Crippen LogP contribution >= 0.6 is 0 Å². The summed E-state index contributed by atoms with van der Waals surface area (Å²) in [6.07, 6.45) is 0. The van der Waals surface area contributed by atoms with Crippen molar-refractivity contribution in [2.24, 2.45) is 0 Å². The fourth-order valence-electron chi connectivity index (χ4n) is 8.01. The van der Waals surface area contributed by atoms with E-state index in [1.807, 2.05) is 30.3 Å². The zero-order valence-electron chi connectivity index (χ0n) is 30.3. The molecular formula is C48H36N2. The molecule has 0 N–H and O–H groups in total. The van der Waals surface area contributed by atoms with E-state index in [2.05, 4.69) is 151 Å². The number of hydrogen-bond acceptors (Lipinski definition) is 0. The Kier molecular flexibility index (Phi) is 5.73. The summed E-state index contributed by atoms with van der Waals surface area (Å²) in [4.78, 5) is 0. The summed E-state index contributed by atoms with van der Waals surface area (Å²) in [7, 11) is 0. The Morgan fingerprint density at radius 3 is 1.86 bits per heavy atom. The van der Waals surface area contributed by atoms with E-state index in [0.717, 1.165) is 60.6 Å². The minimum Gasteiger partial charge on any atom is -0.309 e. The van der Waals surface area contributed by atoms with Gasteiger partial charge in [-0.15, -0.1) is 0 Å². The van der Waals surface area contributed by atoms with Gasteiger partial charge in [-0.05, 0) is 92.2 Å². The van der Waals surface area contributed by atoms with Gasteiger partial charge in [-0.2, -0.15) is 0 Å². The molecule has 2 nitrogen and oxygen atoms in total. The summed E-state index contributed by atoms with van der Waals surface area (Å²) in [5, 5.41) is 9.35. The van der Waals surface area contributed by atoms with Gasteiger partial charge in [-0.25, -0.2) is 0 Å². The number of nitrogens with zero attached hydrogens (tertiary/aromatic N) is 2. The molecule has 0 bridgehead atoms. The third kappa shape index (κ3) is 4.28. The molecule has 50 heavy (non-hydrogen) atoms. The molecule has 0 spiro atoms. The number of fused-ring (bicyclic) bond motifs is 9. The molecule has 2 heteroatoms. The third-order valence-electron chi connectivity index (χ3n) is 10.5. The van der Waals surface area contributed by atoms with Crippen LogP contribution in [-0.2, 0) is 5.41 Å². The van der Waals surface area contributed by atoms with E-state index in [4.69, 9.17) is 1.37 Å². The highest BCUT2D eigenvalue weighted by Crippen LogP contribution is 2.42. The average Bonchev–Trinajstić information content (AvgIpc) is 3.65. The first-order valence-electron chi connectivity index (χ1n) is 18.4. The number of para-hydroxylation sites is 1. The highest BCUT2D eigenvalue weighted by molar-refractivity contribution is 6.25. The summed E-state index contributed by atoms with van der Waals surface area (Å²) < 4.78 is 22.9. The van der Waals surface area contributed by atoms with Crippen molar-refractivity contribution in [1.29, 1.82) is 0 Å². The van der Waals surface area contributed by atoms with Crippen molar-refractivity contribution in [1.82, 2.24) is 9.13 Å². The van der Waals surface area contributed by atoms with Crippen molar-refractivity contribution < 1.29 is 2.74 Å². The van der Waals surface area contributed by atoms with Crippen LogP contribution in [0.3, 0.4) is 0 Å². The Balaban J connectivity index is 1.27. The predicted molar refractivity (Wildman–Crippen MR) is 214 cm³/mol. The predicted octanol–water partition coefficient (Wildman–Crippen LogP) is 13.2. The molecule has 8 aromatic carbocycles. The standard InChI is InChI=1S/C48H36N2/c1-48(2,3)34-22-26-36(27-23-34)50-44-28-21-32-12-5-7-15-39(32)47(44)42-29-41-40-16-8-9-18-43(40)49(45(41)30-46(42)50)35-24-19-33(20-25-35)38-17-10-13-31-11-4-6-14-37(31)38/h4-30H,1-3H3/i17D,24D. The van der Waals surface area contributed by atoms with Crippen LogP contribution in [0.1, 0.15) is 29.1 Å². The van der Waals surface area contributed by atoms with Gasteiger partial charge in [-0.3, -0.25) is 0 Å². The molecule has 0 aliphatic carbocycles. The molecule has 0 unspecified atom stereocenters. The maximum atomic E-state index is 9.47. The van der Waals surface area contributed by atoms with Crippen LogP contribution in [0.4, 0.5) is 0 Å². The van der Waals surface area contributed by atoms with Crippen LogP contribution in [0, 0.1) is 0 Å². The minimum absolute atomic E-state index is 0.0576. The summed E-state index contributed by atoms with van der Waals surface area (Å²) >= 11 is 0. The Bertz CT molecular complexity index is 3070. The first kappa shape index (κ1) is 26.8. The molecule has 10 rings (SSSR count). The largest absolute Gasteiger partial charge is 0.309 e. The van der Waals surface area contributed by atoms with Gasteiger partial charge in [-0.1, -0.05) is 136 Å². The highest BCUT2D eigenvalue weighted by atomic mass is 15.0. The van der Waals surface area contributed by atoms with E-state index < -0.39 is 0 Å². The van der Waals surface area contributed by atoms with Gasteiger partial charge in [0, 0.05) is 32.9 Å². The second-order valence-corrected chi connectivity index (χ2v) is 14.5. The molecule has 0 radical (unpaired) electrons. The fraction of sp³-hybridized carbons (Fsp3) is 0.0833. The summed E-state index contributed by atoms with van der Waals surface area (Å²) in [6.45, 7) is 6.77. The lowest BCUT2D eigenvalue weighted by molar-refractivity contribution is 0.590. The number of aromatic nitrogens is 2. The quantitative estimate of drug-likeness (QED) is 0.181. The molecule has 2 heterocycles. The van der Waals surface area contributed by atoms with Crippen LogP contribution in [-0.4, -0.2) is 9.13 Å². The van der Waals surface area contributed by atoms with Gasteiger partial charge in [0.25, 0.3) is 0 Å². The lowest BCUT2D eigenvalue weighted by Gasteiger charge is -2.19. The van der Waals surface area contributed by atoms with Crippen molar-refractivity contribution in [3.05, 3.63) is 169 Å². The minimum atomic E-state index is 0.0576. The molecule has 0 saturated heterocycles. The van der Waals surface area contributed by atoms with Crippen molar-refractivity contribution in [2.75, 3.05) is 0 Å². The van der Waals surface area contributed by atoms with Gasteiger partial charge < -0.3 is 9.13 Å². The normalized spacial score (nSPS) is 12.9. The van der Waals surface area contributed by atoms with Gasteiger partial charge in [0.2, 0.25) is 0 Å². The van der Waals surface area contributed by atoms with E-state index in [1.54, 1.807) is 0 Å². The maximum Gasteiger partial charge on any atom is 0.0645 e. The van der Waals surface area contributed by atoms with Gasteiger partial charge in [0.05, 0.1) is 24.8 Å². The van der Waals surface area contributed by atoms with Crippen molar-refractivity contribution >= 4 is 65.2 Å². The first-order valence-corrected chi connectivity index (χ1v) is 17.4. The molecule has 2 aromatic heterocycles.